The van der Waals surface area contributed by atoms with Crippen LogP contribution in [0.5, 0.6) is 0 Å². The summed E-state index contributed by atoms with van der Waals surface area (Å²) < 4.78 is 0. The van der Waals surface area contributed by atoms with Gasteiger partial charge in [-0.1, -0.05) is 18.2 Å². The van der Waals surface area contributed by atoms with Crippen LogP contribution in [0.4, 0.5) is 0 Å². The summed E-state index contributed by atoms with van der Waals surface area (Å²) in [6.07, 6.45) is 3.43. The van der Waals surface area contributed by atoms with Gasteiger partial charge in [-0.25, -0.2) is 0 Å². The van der Waals surface area contributed by atoms with Gasteiger partial charge in [0.05, 0.1) is 0 Å². The van der Waals surface area contributed by atoms with Gasteiger partial charge in [0.2, 0.25) is 0 Å². The van der Waals surface area contributed by atoms with E-state index in [-0.39, 0.29) is 5.91 Å². The number of nitrogens with one attached hydrogen (secondary N) is 1. The SMILES string of the molecule is CN(C)CC1CCCCN1C(=O)c1cc2ccccc2[nH]1. The largest absolute Gasteiger partial charge is 0.351 e. The van der Waals surface area contributed by atoms with Gasteiger partial charge in [-0.3, -0.25) is 4.79 Å². The monoisotopic (exact) mass is 285 g/mol. The van der Waals surface area contributed by atoms with Crippen molar-refractivity contribution in [3.8, 4) is 0 Å². The molecule has 3 rings (SSSR count). The summed E-state index contributed by atoms with van der Waals surface area (Å²) in [5.74, 6) is 0.137. The van der Waals surface area contributed by atoms with Crippen LogP contribution in [0.15, 0.2) is 30.3 Å². The predicted molar refractivity (Wildman–Crippen MR) is 85.5 cm³/mol. The molecule has 2 heterocycles. The Bertz CT molecular complexity index is 599. The summed E-state index contributed by atoms with van der Waals surface area (Å²) in [5.41, 5.74) is 1.74. The van der Waals surface area contributed by atoms with Gasteiger partial charge in [0.25, 0.3) is 5.91 Å². The molecule has 1 aliphatic rings. The number of hydrogen-bond acceptors (Lipinski definition) is 2. The first kappa shape index (κ1) is 14.1. The number of aromatic amines is 1. The molecule has 1 unspecified atom stereocenters. The van der Waals surface area contributed by atoms with Gasteiger partial charge in [0.15, 0.2) is 0 Å². The lowest BCUT2D eigenvalue weighted by molar-refractivity contribution is 0.0570. The van der Waals surface area contributed by atoms with Crippen molar-refractivity contribution in [3.05, 3.63) is 36.0 Å². The zero-order chi connectivity index (χ0) is 14.8. The van der Waals surface area contributed by atoms with E-state index in [0.29, 0.717) is 11.7 Å². The highest BCUT2D eigenvalue weighted by atomic mass is 16.2. The normalized spacial score (nSPS) is 19.4. The number of rotatable bonds is 3. The zero-order valence-electron chi connectivity index (χ0n) is 12.8. The van der Waals surface area contributed by atoms with Crippen molar-refractivity contribution in [3.63, 3.8) is 0 Å². The molecule has 1 saturated heterocycles. The summed E-state index contributed by atoms with van der Waals surface area (Å²) >= 11 is 0. The summed E-state index contributed by atoms with van der Waals surface area (Å²) in [6, 6.07) is 10.3. The average Bonchev–Trinajstić information content (AvgIpc) is 2.90. The number of carbonyl (C=O) groups is 1. The molecule has 1 amide bonds. The first-order chi connectivity index (χ1) is 10.1. The fraction of sp³-hybridized carbons (Fsp3) is 0.471. The Balaban J connectivity index is 1.84. The van der Waals surface area contributed by atoms with Crippen LogP contribution in [0.2, 0.25) is 0 Å². The van der Waals surface area contributed by atoms with Crippen LogP contribution in [0.25, 0.3) is 10.9 Å². The molecule has 0 saturated carbocycles. The molecule has 1 aliphatic heterocycles. The van der Waals surface area contributed by atoms with Crippen molar-refractivity contribution in [2.24, 2.45) is 0 Å². The van der Waals surface area contributed by atoms with Crippen molar-refractivity contribution < 1.29 is 4.79 Å². The van der Waals surface area contributed by atoms with E-state index in [1.807, 2.05) is 35.2 Å². The molecule has 1 N–H and O–H groups in total. The van der Waals surface area contributed by atoms with Gasteiger partial charge in [0, 0.05) is 30.0 Å². The molecule has 1 atom stereocenters. The van der Waals surface area contributed by atoms with Crippen LogP contribution in [0.1, 0.15) is 29.8 Å². The summed E-state index contributed by atoms with van der Waals surface area (Å²) in [7, 11) is 4.14. The van der Waals surface area contributed by atoms with E-state index >= 15 is 0 Å². The van der Waals surface area contributed by atoms with Gasteiger partial charge in [-0.2, -0.15) is 0 Å². The van der Waals surface area contributed by atoms with Crippen molar-refractivity contribution in [1.82, 2.24) is 14.8 Å². The molecule has 0 radical (unpaired) electrons. The second-order valence-corrected chi connectivity index (χ2v) is 6.18. The molecule has 1 fully saturated rings. The first-order valence-electron chi connectivity index (χ1n) is 7.68. The minimum absolute atomic E-state index is 0.137. The summed E-state index contributed by atoms with van der Waals surface area (Å²) in [4.78, 5) is 20.3. The Hall–Kier alpha value is -1.81. The highest BCUT2D eigenvalue weighted by Gasteiger charge is 2.28. The van der Waals surface area contributed by atoms with E-state index in [2.05, 4.69) is 24.0 Å². The molecule has 112 valence electrons. The van der Waals surface area contributed by atoms with Crippen molar-refractivity contribution in [2.45, 2.75) is 25.3 Å². The number of piperidine rings is 1. The minimum atomic E-state index is 0.137. The fourth-order valence-corrected chi connectivity index (χ4v) is 3.22. The number of H-pyrrole nitrogens is 1. The van der Waals surface area contributed by atoms with E-state index in [9.17, 15) is 4.79 Å². The van der Waals surface area contributed by atoms with Crippen LogP contribution in [-0.4, -0.2) is 53.9 Å². The average molecular weight is 285 g/mol. The minimum Gasteiger partial charge on any atom is -0.351 e. The Kier molecular flexibility index (Phi) is 3.97. The third-order valence-electron chi connectivity index (χ3n) is 4.22. The van der Waals surface area contributed by atoms with E-state index in [1.54, 1.807) is 0 Å². The molecule has 2 aromatic rings. The molecular weight excluding hydrogens is 262 g/mol. The Labute approximate surface area is 125 Å². The molecule has 1 aromatic carbocycles. The maximum atomic E-state index is 12.8. The number of fused-ring (bicyclic) bond motifs is 1. The highest BCUT2D eigenvalue weighted by Crippen LogP contribution is 2.22. The Morgan fingerprint density at radius 3 is 2.90 bits per heavy atom. The third kappa shape index (κ3) is 2.95. The molecule has 1 aromatic heterocycles. The molecule has 4 heteroatoms. The van der Waals surface area contributed by atoms with E-state index in [0.717, 1.165) is 36.8 Å². The summed E-state index contributed by atoms with van der Waals surface area (Å²) in [5, 5.41) is 1.10. The molecular formula is C17H23N3O. The molecule has 21 heavy (non-hydrogen) atoms. The molecule has 4 nitrogen and oxygen atoms in total. The Morgan fingerprint density at radius 1 is 1.33 bits per heavy atom. The van der Waals surface area contributed by atoms with Crippen molar-refractivity contribution >= 4 is 16.8 Å². The molecule has 0 spiro atoms. The smallest absolute Gasteiger partial charge is 0.270 e. The number of amides is 1. The standard InChI is InChI=1S/C17H23N3O/c1-19(2)12-14-8-5-6-10-20(14)17(21)16-11-13-7-3-4-9-15(13)18-16/h3-4,7,9,11,14,18H,5-6,8,10,12H2,1-2H3. The number of likely N-dealkylation sites (tertiary alicyclic amines) is 1. The maximum absolute atomic E-state index is 12.8. The van der Waals surface area contributed by atoms with Gasteiger partial charge >= 0.3 is 0 Å². The van der Waals surface area contributed by atoms with Gasteiger partial charge in [0.1, 0.15) is 5.69 Å². The van der Waals surface area contributed by atoms with E-state index < -0.39 is 0 Å². The number of nitrogens with zero attached hydrogens (tertiary/aromatic N) is 2. The van der Waals surface area contributed by atoms with E-state index in [4.69, 9.17) is 0 Å². The highest BCUT2D eigenvalue weighted by molar-refractivity contribution is 5.98. The first-order valence-corrected chi connectivity index (χ1v) is 7.68. The third-order valence-corrected chi connectivity index (χ3v) is 4.22. The van der Waals surface area contributed by atoms with Gasteiger partial charge < -0.3 is 14.8 Å². The van der Waals surface area contributed by atoms with Crippen LogP contribution >= 0.6 is 0 Å². The van der Waals surface area contributed by atoms with Gasteiger partial charge in [-0.05, 0) is 45.5 Å². The summed E-state index contributed by atoms with van der Waals surface area (Å²) in [6.45, 7) is 1.80. The maximum Gasteiger partial charge on any atom is 0.270 e. The number of para-hydroxylation sites is 1. The van der Waals surface area contributed by atoms with Crippen LogP contribution in [0.3, 0.4) is 0 Å². The molecule has 0 bridgehead atoms. The lowest BCUT2D eigenvalue weighted by Gasteiger charge is -2.37. The fourth-order valence-electron chi connectivity index (χ4n) is 3.22. The van der Waals surface area contributed by atoms with Crippen molar-refractivity contribution in [1.29, 1.82) is 0 Å². The quantitative estimate of drug-likeness (QED) is 0.942. The number of aromatic nitrogens is 1. The second kappa shape index (κ2) is 5.90. The topological polar surface area (TPSA) is 39.3 Å². The lowest BCUT2D eigenvalue weighted by Crippen LogP contribution is -2.48. The Morgan fingerprint density at radius 2 is 2.14 bits per heavy atom. The predicted octanol–water partition coefficient (Wildman–Crippen LogP) is 2.72. The van der Waals surface area contributed by atoms with Gasteiger partial charge in [-0.15, -0.1) is 0 Å². The van der Waals surface area contributed by atoms with Crippen LogP contribution in [-0.2, 0) is 0 Å². The lowest BCUT2D eigenvalue weighted by atomic mass is 10.0. The second-order valence-electron chi connectivity index (χ2n) is 6.18. The van der Waals surface area contributed by atoms with E-state index in [1.165, 1.54) is 6.42 Å². The van der Waals surface area contributed by atoms with Crippen LogP contribution < -0.4 is 0 Å². The zero-order valence-corrected chi connectivity index (χ0v) is 12.8. The number of hydrogen-bond donors (Lipinski definition) is 1. The molecule has 0 aliphatic carbocycles. The number of benzene rings is 1. The number of carbonyl (C=O) groups excluding carboxylic acids is 1. The van der Waals surface area contributed by atoms with Crippen molar-refractivity contribution in [2.75, 3.05) is 27.2 Å². The van der Waals surface area contributed by atoms with Crippen LogP contribution in [0, 0.1) is 0 Å². The number of likely N-dealkylation sites (N-methyl/N-ethyl adjacent to an activating group) is 1.